The van der Waals surface area contributed by atoms with E-state index in [0.717, 1.165) is 19.7 Å². The maximum atomic E-state index is 6.00. The fourth-order valence-corrected chi connectivity index (χ4v) is 4.72. The van der Waals surface area contributed by atoms with E-state index in [9.17, 15) is 0 Å². The molecule has 4 atom stereocenters. The number of hydrogen-bond donors (Lipinski definition) is 1. The Morgan fingerprint density at radius 1 is 1.24 bits per heavy atom. The summed E-state index contributed by atoms with van der Waals surface area (Å²) in [5.41, 5.74) is 3.06. The van der Waals surface area contributed by atoms with Crippen molar-refractivity contribution in [3.05, 3.63) is 35.4 Å². The Morgan fingerprint density at radius 2 is 2.14 bits per heavy atom. The Bertz CT molecular complexity index is 504. The summed E-state index contributed by atoms with van der Waals surface area (Å²) in [6.07, 6.45) is 5.59. The number of nitrogens with one attached hydrogen (secondary N) is 1. The van der Waals surface area contributed by atoms with E-state index in [-0.39, 0.29) is 0 Å². The van der Waals surface area contributed by atoms with E-state index in [4.69, 9.17) is 4.74 Å². The number of nitrogens with zero attached hydrogens (tertiary/aromatic N) is 1. The van der Waals surface area contributed by atoms with Gasteiger partial charge in [-0.2, -0.15) is 0 Å². The molecule has 1 saturated carbocycles. The molecule has 0 aromatic heterocycles. The molecule has 0 amide bonds. The minimum atomic E-state index is 0.490. The van der Waals surface area contributed by atoms with Gasteiger partial charge < -0.3 is 10.1 Å². The number of rotatable bonds is 3. The van der Waals surface area contributed by atoms with Crippen molar-refractivity contribution in [3.8, 4) is 0 Å². The first-order chi connectivity index (χ1) is 10.4. The second-order valence-electron chi connectivity index (χ2n) is 6.65. The van der Waals surface area contributed by atoms with Crippen LogP contribution in [0.4, 0.5) is 0 Å². The lowest BCUT2D eigenvalue weighted by molar-refractivity contribution is -0.0752. The minimum Gasteiger partial charge on any atom is -0.375 e. The number of benzene rings is 1. The molecule has 21 heavy (non-hydrogen) atoms. The minimum absolute atomic E-state index is 0.490. The van der Waals surface area contributed by atoms with Crippen LogP contribution in [0, 0.1) is 0 Å². The highest BCUT2D eigenvalue weighted by Gasteiger charge is 2.44. The Morgan fingerprint density at radius 3 is 3.05 bits per heavy atom. The van der Waals surface area contributed by atoms with Gasteiger partial charge in [0.2, 0.25) is 0 Å². The molecule has 0 radical (unpaired) electrons. The zero-order chi connectivity index (χ0) is 14.2. The first kappa shape index (κ1) is 13.7. The highest BCUT2D eigenvalue weighted by molar-refractivity contribution is 5.37. The van der Waals surface area contributed by atoms with E-state index in [1.807, 2.05) is 0 Å². The summed E-state index contributed by atoms with van der Waals surface area (Å²) in [5.74, 6) is 0. The molecule has 2 fully saturated rings. The van der Waals surface area contributed by atoms with E-state index < -0.39 is 0 Å². The zero-order valence-corrected chi connectivity index (χ0v) is 12.9. The van der Waals surface area contributed by atoms with Crippen LogP contribution < -0.4 is 5.32 Å². The molecule has 1 heterocycles. The summed E-state index contributed by atoms with van der Waals surface area (Å²) in [4.78, 5) is 2.77. The lowest BCUT2D eigenvalue weighted by atomic mass is 10.0. The van der Waals surface area contributed by atoms with Gasteiger partial charge >= 0.3 is 0 Å². The molecule has 1 N–H and O–H groups in total. The Kier molecular flexibility index (Phi) is 3.74. The van der Waals surface area contributed by atoms with Crippen LogP contribution in [0.5, 0.6) is 0 Å². The normalized spacial score (nSPS) is 35.7. The van der Waals surface area contributed by atoms with E-state index in [1.54, 1.807) is 0 Å². The van der Waals surface area contributed by atoms with Crippen molar-refractivity contribution in [2.75, 3.05) is 19.7 Å². The van der Waals surface area contributed by atoms with E-state index in [1.165, 1.54) is 36.8 Å². The van der Waals surface area contributed by atoms with Gasteiger partial charge in [-0.3, -0.25) is 4.90 Å². The number of ether oxygens (including phenoxy) is 1. The molecule has 4 unspecified atom stereocenters. The molecule has 0 spiro atoms. The van der Waals surface area contributed by atoms with Crippen molar-refractivity contribution in [2.45, 2.75) is 56.8 Å². The Balaban J connectivity index is 1.62. The summed E-state index contributed by atoms with van der Waals surface area (Å²) in [7, 11) is 0. The van der Waals surface area contributed by atoms with Crippen molar-refractivity contribution in [3.63, 3.8) is 0 Å². The highest BCUT2D eigenvalue weighted by atomic mass is 16.5. The highest BCUT2D eigenvalue weighted by Crippen LogP contribution is 2.39. The first-order valence-electron chi connectivity index (χ1n) is 8.57. The summed E-state index contributed by atoms with van der Waals surface area (Å²) < 4.78 is 6.00. The van der Waals surface area contributed by atoms with Crippen LogP contribution in [0.25, 0.3) is 0 Å². The van der Waals surface area contributed by atoms with Gasteiger partial charge in [0.15, 0.2) is 0 Å². The third-order valence-electron chi connectivity index (χ3n) is 5.58. The lowest BCUT2D eigenvalue weighted by Gasteiger charge is -2.43. The molecule has 3 aliphatic rings. The second kappa shape index (κ2) is 5.71. The van der Waals surface area contributed by atoms with Crippen molar-refractivity contribution in [2.24, 2.45) is 0 Å². The van der Waals surface area contributed by atoms with E-state index >= 15 is 0 Å². The maximum absolute atomic E-state index is 6.00. The quantitative estimate of drug-likeness (QED) is 0.924. The van der Waals surface area contributed by atoms with Crippen LogP contribution in [0.3, 0.4) is 0 Å². The summed E-state index contributed by atoms with van der Waals surface area (Å²) in [6, 6.07) is 10.7. The zero-order valence-electron chi connectivity index (χ0n) is 12.9. The summed E-state index contributed by atoms with van der Waals surface area (Å²) >= 11 is 0. The van der Waals surface area contributed by atoms with Crippen LogP contribution in [0.2, 0.25) is 0 Å². The first-order valence-corrected chi connectivity index (χ1v) is 8.57. The molecule has 2 aliphatic carbocycles. The molecule has 4 rings (SSSR count). The fourth-order valence-electron chi connectivity index (χ4n) is 4.72. The van der Waals surface area contributed by atoms with E-state index in [2.05, 4.69) is 41.4 Å². The summed E-state index contributed by atoms with van der Waals surface area (Å²) in [6.45, 7) is 5.26. The molecule has 114 valence electrons. The molecule has 3 heteroatoms. The van der Waals surface area contributed by atoms with Gasteiger partial charge in [-0.1, -0.05) is 31.2 Å². The number of likely N-dealkylation sites (N-methyl/N-ethyl adjacent to an activating group) is 1. The van der Waals surface area contributed by atoms with Gasteiger partial charge in [0.05, 0.1) is 12.7 Å². The molecule has 3 nitrogen and oxygen atoms in total. The molecular formula is C18H26N2O. The second-order valence-corrected chi connectivity index (χ2v) is 6.65. The number of morpholine rings is 1. The third kappa shape index (κ3) is 2.32. The molecule has 1 aliphatic heterocycles. The van der Waals surface area contributed by atoms with Gasteiger partial charge in [0.25, 0.3) is 0 Å². The van der Waals surface area contributed by atoms with Crippen LogP contribution in [-0.2, 0) is 11.2 Å². The maximum Gasteiger partial charge on any atom is 0.0731 e. The van der Waals surface area contributed by atoms with Crippen LogP contribution in [0.15, 0.2) is 24.3 Å². The van der Waals surface area contributed by atoms with Crippen molar-refractivity contribution in [1.82, 2.24) is 10.2 Å². The van der Waals surface area contributed by atoms with Crippen LogP contribution in [-0.4, -0.2) is 42.8 Å². The van der Waals surface area contributed by atoms with Gasteiger partial charge in [-0.05, 0) is 43.4 Å². The Hall–Kier alpha value is -0.900. The largest absolute Gasteiger partial charge is 0.375 e. The lowest BCUT2D eigenvalue weighted by Crippen LogP contribution is -2.55. The SMILES string of the molecule is CCNC1c2ccccc2CC1N1CCOC2CCCC21. The predicted molar refractivity (Wildman–Crippen MR) is 84.4 cm³/mol. The van der Waals surface area contributed by atoms with Gasteiger partial charge in [0, 0.05) is 24.7 Å². The Labute approximate surface area is 127 Å². The standard InChI is InChI=1S/C18H26N2O/c1-2-19-18-14-7-4-3-6-13(14)12-16(18)20-10-11-21-17-9-5-8-15(17)20/h3-4,6-7,15-19H,2,5,8-12H2,1H3. The van der Waals surface area contributed by atoms with Crippen molar-refractivity contribution in [1.29, 1.82) is 0 Å². The topological polar surface area (TPSA) is 24.5 Å². The number of fused-ring (bicyclic) bond motifs is 2. The molecular weight excluding hydrogens is 260 g/mol. The molecule has 0 bridgehead atoms. The van der Waals surface area contributed by atoms with Gasteiger partial charge in [-0.15, -0.1) is 0 Å². The summed E-state index contributed by atoms with van der Waals surface area (Å²) in [5, 5.41) is 3.75. The third-order valence-corrected chi connectivity index (χ3v) is 5.58. The number of hydrogen-bond acceptors (Lipinski definition) is 3. The van der Waals surface area contributed by atoms with Crippen LogP contribution in [0.1, 0.15) is 43.4 Å². The van der Waals surface area contributed by atoms with Gasteiger partial charge in [-0.25, -0.2) is 0 Å². The average molecular weight is 286 g/mol. The van der Waals surface area contributed by atoms with E-state index in [0.29, 0.717) is 24.2 Å². The molecule has 1 saturated heterocycles. The van der Waals surface area contributed by atoms with Gasteiger partial charge in [0.1, 0.15) is 0 Å². The fraction of sp³-hybridized carbons (Fsp3) is 0.667. The molecule has 1 aromatic carbocycles. The van der Waals surface area contributed by atoms with Crippen LogP contribution >= 0.6 is 0 Å². The smallest absolute Gasteiger partial charge is 0.0731 e. The predicted octanol–water partition coefficient (Wildman–Crippen LogP) is 2.52. The van der Waals surface area contributed by atoms with Crippen molar-refractivity contribution < 1.29 is 4.74 Å². The van der Waals surface area contributed by atoms with Crippen molar-refractivity contribution >= 4 is 0 Å². The average Bonchev–Trinajstić information content (AvgIpc) is 3.12. The monoisotopic (exact) mass is 286 g/mol. The molecule has 1 aromatic rings.